The van der Waals surface area contributed by atoms with Crippen LogP contribution in [0, 0.1) is 12.7 Å². The highest BCUT2D eigenvalue weighted by Crippen LogP contribution is 2.24. The quantitative estimate of drug-likeness (QED) is 0.614. The van der Waals surface area contributed by atoms with Gasteiger partial charge in [-0.1, -0.05) is 32.1 Å². The monoisotopic (exact) mass is 265 g/mol. The number of rotatable bonds is 6. The SMILES string of the molecule is Cc1cc(C(C)(C)CNC/C=C/C(=O)O)ccc1F. The molecule has 0 aliphatic rings. The lowest BCUT2D eigenvalue weighted by atomic mass is 9.84. The van der Waals surface area contributed by atoms with Gasteiger partial charge < -0.3 is 10.4 Å². The maximum absolute atomic E-state index is 13.2. The van der Waals surface area contributed by atoms with Crippen molar-refractivity contribution >= 4 is 5.97 Å². The summed E-state index contributed by atoms with van der Waals surface area (Å²) in [6.07, 6.45) is 2.68. The molecule has 0 bridgehead atoms. The molecule has 2 N–H and O–H groups in total. The van der Waals surface area contributed by atoms with Crippen LogP contribution in [0.2, 0.25) is 0 Å². The van der Waals surface area contributed by atoms with Crippen molar-refractivity contribution in [2.75, 3.05) is 13.1 Å². The minimum absolute atomic E-state index is 0.143. The number of hydrogen-bond acceptors (Lipinski definition) is 2. The van der Waals surface area contributed by atoms with Crippen LogP contribution in [0.15, 0.2) is 30.4 Å². The van der Waals surface area contributed by atoms with E-state index in [1.807, 2.05) is 6.07 Å². The first-order chi connectivity index (χ1) is 8.83. The van der Waals surface area contributed by atoms with Crippen molar-refractivity contribution in [1.29, 1.82) is 0 Å². The van der Waals surface area contributed by atoms with E-state index in [9.17, 15) is 9.18 Å². The van der Waals surface area contributed by atoms with Gasteiger partial charge in [0.05, 0.1) is 0 Å². The molecule has 0 saturated carbocycles. The van der Waals surface area contributed by atoms with E-state index in [4.69, 9.17) is 5.11 Å². The Morgan fingerprint density at radius 2 is 2.16 bits per heavy atom. The molecule has 0 fully saturated rings. The number of carbonyl (C=O) groups is 1. The second kappa shape index (κ2) is 6.48. The van der Waals surface area contributed by atoms with Crippen LogP contribution in [0.1, 0.15) is 25.0 Å². The van der Waals surface area contributed by atoms with Crippen molar-refractivity contribution in [2.24, 2.45) is 0 Å². The van der Waals surface area contributed by atoms with Gasteiger partial charge in [-0.2, -0.15) is 0 Å². The molecule has 19 heavy (non-hydrogen) atoms. The normalized spacial score (nSPS) is 12.0. The predicted octanol–water partition coefficient (Wildman–Crippen LogP) is 2.64. The molecule has 1 rings (SSSR count). The molecule has 1 aromatic carbocycles. The lowest BCUT2D eigenvalue weighted by Crippen LogP contribution is -2.33. The van der Waals surface area contributed by atoms with Gasteiger partial charge in [-0.15, -0.1) is 0 Å². The Hall–Kier alpha value is -1.68. The Morgan fingerprint density at radius 1 is 1.47 bits per heavy atom. The lowest BCUT2D eigenvalue weighted by molar-refractivity contribution is -0.131. The fourth-order valence-electron chi connectivity index (χ4n) is 1.80. The van der Waals surface area contributed by atoms with E-state index in [2.05, 4.69) is 19.2 Å². The van der Waals surface area contributed by atoms with Crippen LogP contribution in [-0.2, 0) is 10.2 Å². The van der Waals surface area contributed by atoms with Crippen molar-refractivity contribution in [3.05, 3.63) is 47.3 Å². The zero-order chi connectivity index (χ0) is 14.5. The molecule has 0 heterocycles. The van der Waals surface area contributed by atoms with Crippen LogP contribution in [-0.4, -0.2) is 24.2 Å². The molecule has 0 atom stereocenters. The summed E-state index contributed by atoms with van der Waals surface area (Å²) < 4.78 is 13.2. The third-order valence-electron chi connectivity index (χ3n) is 3.03. The topological polar surface area (TPSA) is 49.3 Å². The third kappa shape index (κ3) is 4.83. The van der Waals surface area contributed by atoms with Gasteiger partial charge in [-0.3, -0.25) is 0 Å². The molecule has 0 aliphatic heterocycles. The number of carboxylic acid groups (broad SMARTS) is 1. The minimum atomic E-state index is -0.949. The fourth-order valence-corrected chi connectivity index (χ4v) is 1.80. The largest absolute Gasteiger partial charge is 0.478 e. The fraction of sp³-hybridized carbons (Fsp3) is 0.400. The zero-order valence-electron chi connectivity index (χ0n) is 11.5. The smallest absolute Gasteiger partial charge is 0.328 e. The first kappa shape index (κ1) is 15.4. The molecular formula is C15H20FNO2. The van der Waals surface area contributed by atoms with Gasteiger partial charge in [0.25, 0.3) is 0 Å². The van der Waals surface area contributed by atoms with Crippen LogP contribution >= 0.6 is 0 Å². The van der Waals surface area contributed by atoms with E-state index in [0.29, 0.717) is 18.7 Å². The standard InChI is InChI=1S/C15H20FNO2/c1-11-9-12(6-7-13(11)16)15(2,3)10-17-8-4-5-14(18)19/h4-7,9,17H,8,10H2,1-3H3,(H,18,19)/b5-4+. The summed E-state index contributed by atoms with van der Waals surface area (Å²) in [5.41, 5.74) is 1.55. The molecular weight excluding hydrogens is 245 g/mol. The molecule has 3 nitrogen and oxygen atoms in total. The summed E-state index contributed by atoms with van der Waals surface area (Å²) in [5.74, 6) is -1.15. The van der Waals surface area contributed by atoms with E-state index in [-0.39, 0.29) is 11.2 Å². The summed E-state index contributed by atoms with van der Waals surface area (Å²) in [5, 5.41) is 11.6. The maximum atomic E-state index is 13.2. The van der Waals surface area contributed by atoms with Crippen molar-refractivity contribution in [2.45, 2.75) is 26.2 Å². The lowest BCUT2D eigenvalue weighted by Gasteiger charge is -2.26. The summed E-state index contributed by atoms with van der Waals surface area (Å²) in [7, 11) is 0. The first-order valence-electron chi connectivity index (χ1n) is 6.20. The number of halogens is 1. The Labute approximate surface area is 113 Å². The zero-order valence-corrected chi connectivity index (χ0v) is 11.5. The van der Waals surface area contributed by atoms with Crippen molar-refractivity contribution in [3.63, 3.8) is 0 Å². The number of hydrogen-bond donors (Lipinski definition) is 2. The van der Waals surface area contributed by atoms with Gasteiger partial charge in [0, 0.05) is 24.6 Å². The maximum Gasteiger partial charge on any atom is 0.328 e. The molecule has 4 heteroatoms. The molecule has 1 aromatic rings. The average Bonchev–Trinajstić information content (AvgIpc) is 2.31. The van der Waals surface area contributed by atoms with Gasteiger partial charge in [0.1, 0.15) is 5.82 Å². The molecule has 0 spiro atoms. The van der Waals surface area contributed by atoms with Crippen molar-refractivity contribution < 1.29 is 14.3 Å². The number of aliphatic carboxylic acids is 1. The number of nitrogens with one attached hydrogen (secondary N) is 1. The molecule has 0 aromatic heterocycles. The van der Waals surface area contributed by atoms with Gasteiger partial charge in [-0.05, 0) is 24.1 Å². The molecule has 0 saturated heterocycles. The summed E-state index contributed by atoms with van der Waals surface area (Å²) >= 11 is 0. The van der Waals surface area contributed by atoms with Gasteiger partial charge in [0.2, 0.25) is 0 Å². The number of aryl methyl sites for hydroxylation is 1. The van der Waals surface area contributed by atoms with Crippen LogP contribution in [0.5, 0.6) is 0 Å². The highest BCUT2D eigenvalue weighted by molar-refractivity contribution is 5.79. The van der Waals surface area contributed by atoms with Crippen molar-refractivity contribution in [1.82, 2.24) is 5.32 Å². The average molecular weight is 265 g/mol. The molecule has 0 aliphatic carbocycles. The third-order valence-corrected chi connectivity index (χ3v) is 3.03. The Balaban J connectivity index is 2.60. The van der Waals surface area contributed by atoms with Gasteiger partial charge in [-0.25, -0.2) is 9.18 Å². The Morgan fingerprint density at radius 3 is 2.74 bits per heavy atom. The second-order valence-electron chi connectivity index (χ2n) is 5.22. The minimum Gasteiger partial charge on any atom is -0.478 e. The van der Waals surface area contributed by atoms with E-state index < -0.39 is 5.97 Å². The molecule has 0 radical (unpaired) electrons. The molecule has 104 valence electrons. The van der Waals surface area contributed by atoms with Crippen LogP contribution < -0.4 is 5.32 Å². The van der Waals surface area contributed by atoms with E-state index in [0.717, 1.165) is 11.6 Å². The Bertz CT molecular complexity index is 481. The van der Waals surface area contributed by atoms with E-state index >= 15 is 0 Å². The van der Waals surface area contributed by atoms with Crippen LogP contribution in [0.4, 0.5) is 4.39 Å². The Kier molecular flexibility index (Phi) is 5.24. The van der Waals surface area contributed by atoms with Gasteiger partial charge >= 0.3 is 5.97 Å². The first-order valence-corrected chi connectivity index (χ1v) is 6.20. The molecule has 0 unspecified atom stereocenters. The number of benzene rings is 1. The predicted molar refractivity (Wildman–Crippen MR) is 73.8 cm³/mol. The number of carboxylic acids is 1. The molecule has 0 amide bonds. The summed E-state index contributed by atoms with van der Waals surface area (Å²) in [6.45, 7) is 7.05. The summed E-state index contributed by atoms with van der Waals surface area (Å²) in [6, 6.07) is 5.12. The van der Waals surface area contributed by atoms with E-state index in [1.54, 1.807) is 19.1 Å². The highest BCUT2D eigenvalue weighted by atomic mass is 19.1. The summed E-state index contributed by atoms with van der Waals surface area (Å²) in [4.78, 5) is 10.3. The van der Waals surface area contributed by atoms with Gasteiger partial charge in [0.15, 0.2) is 0 Å². The van der Waals surface area contributed by atoms with Crippen LogP contribution in [0.25, 0.3) is 0 Å². The van der Waals surface area contributed by atoms with E-state index in [1.165, 1.54) is 6.07 Å². The van der Waals surface area contributed by atoms with Crippen LogP contribution in [0.3, 0.4) is 0 Å². The van der Waals surface area contributed by atoms with Crippen molar-refractivity contribution in [3.8, 4) is 0 Å². The highest BCUT2D eigenvalue weighted by Gasteiger charge is 2.20. The second-order valence-corrected chi connectivity index (χ2v) is 5.22.